The van der Waals surface area contributed by atoms with Gasteiger partial charge in [-0.2, -0.15) is 19.9 Å². The Morgan fingerprint density at radius 2 is 1.81 bits per heavy atom. The topological polar surface area (TPSA) is 120 Å². The first-order chi connectivity index (χ1) is 17.3. The second kappa shape index (κ2) is 9.14. The van der Waals surface area contributed by atoms with E-state index in [0.29, 0.717) is 28.3 Å². The maximum absolute atomic E-state index is 12.9. The summed E-state index contributed by atoms with van der Waals surface area (Å²) >= 11 is 0. The molecule has 0 saturated carbocycles. The van der Waals surface area contributed by atoms with E-state index in [-0.39, 0.29) is 17.4 Å². The zero-order chi connectivity index (χ0) is 25.4. The highest BCUT2D eigenvalue weighted by Gasteiger charge is 2.20. The van der Waals surface area contributed by atoms with Crippen molar-refractivity contribution in [3.8, 4) is 17.4 Å². The van der Waals surface area contributed by atoms with Crippen molar-refractivity contribution < 1.29 is 9.53 Å². The second-order valence-corrected chi connectivity index (χ2v) is 8.60. The molecule has 1 amide bonds. The van der Waals surface area contributed by atoms with E-state index in [9.17, 15) is 9.59 Å². The van der Waals surface area contributed by atoms with Crippen LogP contribution >= 0.6 is 0 Å². The number of hydrogen-bond donors (Lipinski definition) is 2. The molecule has 0 spiro atoms. The van der Waals surface area contributed by atoms with Crippen LogP contribution in [0.5, 0.6) is 5.75 Å². The van der Waals surface area contributed by atoms with E-state index in [1.807, 2.05) is 50.2 Å². The first-order valence-electron chi connectivity index (χ1n) is 11.5. The van der Waals surface area contributed by atoms with E-state index in [2.05, 4.69) is 25.5 Å². The van der Waals surface area contributed by atoms with Crippen molar-refractivity contribution in [2.75, 3.05) is 5.32 Å². The molecule has 3 aromatic heterocycles. The number of aryl methyl sites for hydroxylation is 3. The highest BCUT2D eigenvalue weighted by atomic mass is 16.5. The molecule has 1 unspecified atom stereocenters. The SMILES string of the molecule is Cc1cc(NC(=O)C(C)Oc2ccccc2)n(-c2nc3c(cnn3-c3ccc(C)c(C)c3)c(=O)[nH]2)n1. The van der Waals surface area contributed by atoms with Crippen molar-refractivity contribution in [1.29, 1.82) is 0 Å². The van der Waals surface area contributed by atoms with Crippen LogP contribution in [0.1, 0.15) is 23.7 Å². The zero-order valence-corrected chi connectivity index (χ0v) is 20.3. The number of anilines is 1. The molecule has 1 atom stereocenters. The average Bonchev–Trinajstić information content (AvgIpc) is 3.45. The largest absolute Gasteiger partial charge is 0.481 e. The molecule has 0 aliphatic heterocycles. The van der Waals surface area contributed by atoms with Gasteiger partial charge in [-0.15, -0.1) is 0 Å². The Morgan fingerprint density at radius 3 is 2.56 bits per heavy atom. The number of carbonyl (C=O) groups excluding carboxylic acids is 1. The average molecular weight is 484 g/mol. The minimum atomic E-state index is -0.767. The molecular formula is C26H25N7O3. The summed E-state index contributed by atoms with van der Waals surface area (Å²) in [7, 11) is 0. The summed E-state index contributed by atoms with van der Waals surface area (Å²) in [6.45, 7) is 7.49. The molecule has 5 aromatic rings. The van der Waals surface area contributed by atoms with Gasteiger partial charge in [-0.1, -0.05) is 24.3 Å². The van der Waals surface area contributed by atoms with Crippen molar-refractivity contribution in [1.82, 2.24) is 29.5 Å². The molecule has 5 rings (SSSR count). The molecule has 0 radical (unpaired) electrons. The Morgan fingerprint density at radius 1 is 1.03 bits per heavy atom. The summed E-state index contributed by atoms with van der Waals surface area (Å²) < 4.78 is 8.73. The van der Waals surface area contributed by atoms with Crippen molar-refractivity contribution in [3.63, 3.8) is 0 Å². The van der Waals surface area contributed by atoms with Gasteiger partial charge in [0.2, 0.25) is 5.95 Å². The maximum atomic E-state index is 12.9. The van der Waals surface area contributed by atoms with Crippen molar-refractivity contribution in [2.24, 2.45) is 0 Å². The zero-order valence-electron chi connectivity index (χ0n) is 20.3. The van der Waals surface area contributed by atoms with E-state index in [1.54, 1.807) is 36.7 Å². The van der Waals surface area contributed by atoms with E-state index < -0.39 is 6.10 Å². The number of carbonyl (C=O) groups is 1. The molecule has 0 saturated heterocycles. The fraction of sp³-hybridized carbons (Fsp3) is 0.192. The summed E-state index contributed by atoms with van der Waals surface area (Å²) in [5.74, 6) is 0.711. The van der Waals surface area contributed by atoms with Gasteiger partial charge in [0.1, 0.15) is 17.0 Å². The Bertz CT molecular complexity index is 1630. The molecule has 182 valence electrons. The summed E-state index contributed by atoms with van der Waals surface area (Å²) in [6.07, 6.45) is 0.719. The predicted molar refractivity (Wildman–Crippen MR) is 136 cm³/mol. The number of benzene rings is 2. The highest BCUT2D eigenvalue weighted by Crippen LogP contribution is 2.20. The monoisotopic (exact) mass is 483 g/mol. The summed E-state index contributed by atoms with van der Waals surface area (Å²) in [5, 5.41) is 12.0. The molecule has 36 heavy (non-hydrogen) atoms. The van der Waals surface area contributed by atoms with Crippen LogP contribution in [-0.4, -0.2) is 41.5 Å². The minimum absolute atomic E-state index is 0.151. The quantitative estimate of drug-likeness (QED) is 0.381. The number of ether oxygens (including phenoxy) is 1. The first-order valence-corrected chi connectivity index (χ1v) is 11.5. The third-order valence-corrected chi connectivity index (χ3v) is 5.87. The summed E-state index contributed by atoms with van der Waals surface area (Å²) in [4.78, 5) is 33.2. The number of nitrogens with one attached hydrogen (secondary N) is 2. The Balaban J connectivity index is 1.50. The molecule has 3 heterocycles. The number of fused-ring (bicyclic) bond motifs is 1. The van der Waals surface area contributed by atoms with E-state index in [4.69, 9.17) is 4.74 Å². The molecule has 10 heteroatoms. The van der Waals surface area contributed by atoms with Crippen LogP contribution in [-0.2, 0) is 4.79 Å². The first kappa shape index (κ1) is 23.0. The molecule has 0 bridgehead atoms. The van der Waals surface area contributed by atoms with Gasteiger partial charge < -0.3 is 10.1 Å². The Kier molecular flexibility index (Phi) is 5.85. The smallest absolute Gasteiger partial charge is 0.266 e. The maximum Gasteiger partial charge on any atom is 0.266 e. The van der Waals surface area contributed by atoms with E-state index in [0.717, 1.165) is 16.8 Å². The third kappa shape index (κ3) is 4.36. The number of nitrogens with zero attached hydrogens (tertiary/aromatic N) is 5. The molecule has 0 aliphatic carbocycles. The van der Waals surface area contributed by atoms with Gasteiger partial charge in [0, 0.05) is 6.07 Å². The van der Waals surface area contributed by atoms with Gasteiger partial charge in [0.25, 0.3) is 11.5 Å². The van der Waals surface area contributed by atoms with Crippen LogP contribution in [0.4, 0.5) is 5.82 Å². The van der Waals surface area contributed by atoms with Gasteiger partial charge in [-0.3, -0.25) is 14.6 Å². The van der Waals surface area contributed by atoms with Crippen LogP contribution in [0.3, 0.4) is 0 Å². The summed E-state index contributed by atoms with van der Waals surface area (Å²) in [6, 6.07) is 16.7. The predicted octanol–water partition coefficient (Wildman–Crippen LogP) is 3.63. The molecule has 10 nitrogen and oxygen atoms in total. The van der Waals surface area contributed by atoms with Gasteiger partial charge in [0.05, 0.1) is 17.6 Å². The van der Waals surface area contributed by atoms with E-state index in [1.165, 1.54) is 10.9 Å². The highest BCUT2D eigenvalue weighted by molar-refractivity contribution is 5.93. The number of aromatic amines is 1. The lowest BCUT2D eigenvalue weighted by Crippen LogP contribution is -2.31. The number of para-hydroxylation sites is 1. The van der Waals surface area contributed by atoms with Crippen LogP contribution in [0.15, 0.2) is 65.6 Å². The number of aromatic nitrogens is 6. The molecule has 2 N–H and O–H groups in total. The normalized spacial score (nSPS) is 12.0. The number of hydrogen-bond acceptors (Lipinski definition) is 6. The molecule has 2 aromatic carbocycles. The van der Waals surface area contributed by atoms with Crippen molar-refractivity contribution in [2.45, 2.75) is 33.8 Å². The van der Waals surface area contributed by atoms with Gasteiger partial charge in [0.15, 0.2) is 11.8 Å². The van der Waals surface area contributed by atoms with Crippen LogP contribution in [0.25, 0.3) is 22.7 Å². The standard InChI is InChI=1S/C26H25N7O3/c1-15-10-11-19(12-16(15)2)32-23-21(14-27-32)25(35)30-26(29-23)33-22(13-17(3)31-33)28-24(34)18(4)36-20-8-6-5-7-9-20/h5-14,18H,1-4H3,(H,28,34)(H,29,30,35). The number of H-pyrrole nitrogens is 1. The number of rotatable bonds is 6. The number of amides is 1. The van der Waals surface area contributed by atoms with Crippen LogP contribution < -0.4 is 15.6 Å². The second-order valence-electron chi connectivity index (χ2n) is 8.60. The summed E-state index contributed by atoms with van der Waals surface area (Å²) in [5.41, 5.74) is 3.68. The third-order valence-electron chi connectivity index (χ3n) is 5.87. The van der Waals surface area contributed by atoms with Gasteiger partial charge in [-0.05, 0) is 63.1 Å². The van der Waals surface area contributed by atoms with Crippen molar-refractivity contribution >= 4 is 22.8 Å². The fourth-order valence-electron chi connectivity index (χ4n) is 3.79. The van der Waals surface area contributed by atoms with Crippen LogP contribution in [0.2, 0.25) is 0 Å². The Hall–Kier alpha value is -4.73. The van der Waals surface area contributed by atoms with E-state index >= 15 is 0 Å². The van der Waals surface area contributed by atoms with Crippen LogP contribution in [0, 0.1) is 20.8 Å². The fourth-order valence-corrected chi connectivity index (χ4v) is 3.79. The lowest BCUT2D eigenvalue weighted by atomic mass is 10.1. The van der Waals surface area contributed by atoms with Gasteiger partial charge >= 0.3 is 0 Å². The molecule has 0 fully saturated rings. The lowest BCUT2D eigenvalue weighted by Gasteiger charge is -2.15. The lowest BCUT2D eigenvalue weighted by molar-refractivity contribution is -0.122. The Labute approximate surface area is 206 Å². The molecular weight excluding hydrogens is 458 g/mol. The van der Waals surface area contributed by atoms with Gasteiger partial charge in [-0.25, -0.2) is 4.68 Å². The molecule has 0 aliphatic rings. The minimum Gasteiger partial charge on any atom is -0.481 e. The van der Waals surface area contributed by atoms with Crippen molar-refractivity contribution in [3.05, 3.63) is 88.0 Å².